The van der Waals surface area contributed by atoms with E-state index >= 15 is 0 Å². The van der Waals surface area contributed by atoms with E-state index < -0.39 is 9.84 Å². The lowest BCUT2D eigenvalue weighted by Gasteiger charge is -2.38. The van der Waals surface area contributed by atoms with Crippen LogP contribution in [0, 0.1) is 5.92 Å². The molecule has 1 aliphatic heterocycles. The van der Waals surface area contributed by atoms with Gasteiger partial charge in [0.2, 0.25) is 0 Å². The van der Waals surface area contributed by atoms with Crippen LogP contribution in [0.1, 0.15) is 27.2 Å². The van der Waals surface area contributed by atoms with E-state index in [0.717, 1.165) is 45.1 Å². The zero-order valence-corrected chi connectivity index (χ0v) is 20.6. The monoisotopic (exact) mass is 522 g/mol. The van der Waals surface area contributed by atoms with Crippen LogP contribution in [0.25, 0.3) is 0 Å². The fourth-order valence-electron chi connectivity index (χ4n) is 3.39. The Morgan fingerprint density at radius 3 is 2.25 bits per heavy atom. The molecule has 2 rings (SSSR count). The Bertz CT molecular complexity index is 702. The van der Waals surface area contributed by atoms with Gasteiger partial charge in [0, 0.05) is 45.8 Å². The van der Waals surface area contributed by atoms with Crippen molar-refractivity contribution in [2.75, 3.05) is 45.5 Å². The maximum atomic E-state index is 12.7. The van der Waals surface area contributed by atoms with Gasteiger partial charge in [-0.25, -0.2) is 8.42 Å². The van der Waals surface area contributed by atoms with Crippen LogP contribution in [-0.2, 0) is 9.84 Å². The molecule has 1 heterocycles. The number of benzene rings is 1. The van der Waals surface area contributed by atoms with Crippen molar-refractivity contribution in [2.45, 2.75) is 38.1 Å². The van der Waals surface area contributed by atoms with Crippen molar-refractivity contribution >= 4 is 39.8 Å². The van der Waals surface area contributed by atoms with E-state index in [1.165, 1.54) is 0 Å². The predicted molar refractivity (Wildman–Crippen MR) is 127 cm³/mol. The molecule has 1 unspecified atom stereocenters. The zero-order chi connectivity index (χ0) is 19.9. The van der Waals surface area contributed by atoms with Gasteiger partial charge in [0.25, 0.3) is 0 Å². The number of nitrogens with zero attached hydrogens (tertiary/aromatic N) is 3. The molecule has 1 aromatic carbocycles. The zero-order valence-electron chi connectivity index (χ0n) is 17.5. The highest BCUT2D eigenvalue weighted by Gasteiger charge is 2.24. The summed E-state index contributed by atoms with van der Waals surface area (Å²) in [6, 6.07) is 8.50. The van der Waals surface area contributed by atoms with Gasteiger partial charge in [-0.15, -0.1) is 24.0 Å². The predicted octanol–water partition coefficient (Wildman–Crippen LogP) is 2.71. The first kappa shape index (κ1) is 25.2. The Labute approximate surface area is 187 Å². The number of guanidine groups is 1. The Kier molecular flexibility index (Phi) is 10.8. The van der Waals surface area contributed by atoms with Crippen LogP contribution >= 0.6 is 24.0 Å². The first-order chi connectivity index (χ1) is 12.9. The summed E-state index contributed by atoms with van der Waals surface area (Å²) in [6.07, 6.45) is 0.721. The third-order valence-electron chi connectivity index (χ3n) is 4.86. The molecule has 6 nitrogen and oxygen atoms in total. The Morgan fingerprint density at radius 2 is 1.75 bits per heavy atom. The van der Waals surface area contributed by atoms with Crippen molar-refractivity contribution < 1.29 is 8.42 Å². The fourth-order valence-corrected chi connectivity index (χ4v) is 5.00. The normalized spacial score (nSPS) is 17.3. The molecule has 1 fully saturated rings. The number of sulfone groups is 1. The molecule has 28 heavy (non-hydrogen) atoms. The molecule has 0 radical (unpaired) electrons. The Morgan fingerprint density at radius 1 is 1.14 bits per heavy atom. The number of aliphatic imine (C=N–C) groups is 1. The Hall–Kier alpha value is -0.870. The first-order valence-corrected chi connectivity index (χ1v) is 11.5. The van der Waals surface area contributed by atoms with Crippen LogP contribution in [0.2, 0.25) is 0 Å². The molecule has 1 N–H and O–H groups in total. The quantitative estimate of drug-likeness (QED) is 0.339. The van der Waals surface area contributed by atoms with Gasteiger partial charge in [0.1, 0.15) is 0 Å². The molecule has 0 aromatic heterocycles. The van der Waals surface area contributed by atoms with Crippen LogP contribution in [-0.4, -0.2) is 75.7 Å². The summed E-state index contributed by atoms with van der Waals surface area (Å²) in [5.41, 5.74) is 0. The van der Waals surface area contributed by atoms with Crippen molar-refractivity contribution in [1.29, 1.82) is 0 Å². The van der Waals surface area contributed by atoms with Gasteiger partial charge in [-0.3, -0.25) is 9.89 Å². The molecular weight excluding hydrogens is 487 g/mol. The van der Waals surface area contributed by atoms with Crippen LogP contribution in [0.4, 0.5) is 0 Å². The van der Waals surface area contributed by atoms with E-state index in [4.69, 9.17) is 0 Å². The van der Waals surface area contributed by atoms with E-state index in [0.29, 0.717) is 10.8 Å². The summed E-state index contributed by atoms with van der Waals surface area (Å²) in [6.45, 7) is 11.5. The molecule has 0 saturated carbocycles. The largest absolute Gasteiger partial charge is 0.352 e. The molecule has 1 aromatic rings. The van der Waals surface area contributed by atoms with Gasteiger partial charge >= 0.3 is 0 Å². The molecule has 1 atom stereocenters. The number of rotatable bonds is 7. The second-order valence-corrected chi connectivity index (χ2v) is 9.61. The smallest absolute Gasteiger partial charge is 0.193 e. The molecule has 1 aliphatic rings. The van der Waals surface area contributed by atoms with Gasteiger partial charge in [-0.1, -0.05) is 39.0 Å². The minimum atomic E-state index is -3.32. The standard InChI is InChI=1S/C20H34N4O2S.HI/c1-5-18(16-27(25,26)19-9-7-6-8-10-19)22-20(21-4)24-13-11-23(12-14-24)15-17(2)3;/h6-10,17-18H,5,11-16H2,1-4H3,(H,21,22);1H. The summed E-state index contributed by atoms with van der Waals surface area (Å²) < 4.78 is 25.4. The summed E-state index contributed by atoms with van der Waals surface area (Å²) in [5, 5.41) is 3.38. The minimum Gasteiger partial charge on any atom is -0.352 e. The van der Waals surface area contributed by atoms with Crippen LogP contribution in [0.5, 0.6) is 0 Å². The van der Waals surface area contributed by atoms with Gasteiger partial charge in [-0.05, 0) is 24.5 Å². The van der Waals surface area contributed by atoms with Crippen LogP contribution in [0.15, 0.2) is 40.2 Å². The molecule has 0 aliphatic carbocycles. The van der Waals surface area contributed by atoms with Gasteiger partial charge in [0.05, 0.1) is 10.6 Å². The molecule has 0 bridgehead atoms. The third kappa shape index (κ3) is 7.51. The second kappa shape index (κ2) is 12.0. The highest BCUT2D eigenvalue weighted by atomic mass is 127. The average molecular weight is 522 g/mol. The maximum absolute atomic E-state index is 12.7. The average Bonchev–Trinajstić information content (AvgIpc) is 2.66. The van der Waals surface area contributed by atoms with Gasteiger partial charge < -0.3 is 10.2 Å². The van der Waals surface area contributed by atoms with Crippen molar-refractivity contribution in [3.63, 3.8) is 0 Å². The van der Waals surface area contributed by atoms with Crippen molar-refractivity contribution in [2.24, 2.45) is 10.9 Å². The number of halogens is 1. The minimum absolute atomic E-state index is 0. The highest BCUT2D eigenvalue weighted by Crippen LogP contribution is 2.13. The second-order valence-electron chi connectivity index (χ2n) is 7.57. The van der Waals surface area contributed by atoms with Crippen LogP contribution in [0.3, 0.4) is 0 Å². The summed E-state index contributed by atoms with van der Waals surface area (Å²) in [4.78, 5) is 9.49. The van der Waals surface area contributed by atoms with Crippen molar-refractivity contribution in [3.8, 4) is 0 Å². The van der Waals surface area contributed by atoms with Gasteiger partial charge in [0.15, 0.2) is 15.8 Å². The topological polar surface area (TPSA) is 65.0 Å². The van der Waals surface area contributed by atoms with Crippen LogP contribution < -0.4 is 5.32 Å². The van der Waals surface area contributed by atoms with E-state index in [9.17, 15) is 8.42 Å². The summed E-state index contributed by atoms with van der Waals surface area (Å²) in [7, 11) is -1.56. The number of piperazine rings is 1. The van der Waals surface area contributed by atoms with Crippen molar-refractivity contribution in [3.05, 3.63) is 30.3 Å². The molecule has 160 valence electrons. The van der Waals surface area contributed by atoms with E-state index in [2.05, 4.69) is 34.0 Å². The fraction of sp³-hybridized carbons (Fsp3) is 0.650. The van der Waals surface area contributed by atoms with E-state index in [1.807, 2.05) is 13.0 Å². The lowest BCUT2D eigenvalue weighted by atomic mass is 10.2. The lowest BCUT2D eigenvalue weighted by molar-refractivity contribution is 0.163. The number of nitrogens with one attached hydrogen (secondary N) is 1. The molecule has 0 amide bonds. The number of hydrogen-bond donors (Lipinski definition) is 1. The maximum Gasteiger partial charge on any atom is 0.193 e. The van der Waals surface area contributed by atoms with E-state index in [-0.39, 0.29) is 35.8 Å². The van der Waals surface area contributed by atoms with Gasteiger partial charge in [-0.2, -0.15) is 0 Å². The molecule has 1 saturated heterocycles. The molecule has 0 spiro atoms. The van der Waals surface area contributed by atoms with Crippen molar-refractivity contribution in [1.82, 2.24) is 15.1 Å². The highest BCUT2D eigenvalue weighted by molar-refractivity contribution is 14.0. The first-order valence-electron chi connectivity index (χ1n) is 9.84. The van der Waals surface area contributed by atoms with E-state index in [1.54, 1.807) is 31.3 Å². The number of hydrogen-bond acceptors (Lipinski definition) is 4. The third-order valence-corrected chi connectivity index (χ3v) is 6.69. The molecule has 8 heteroatoms. The Balaban J connectivity index is 0.00000392. The summed E-state index contributed by atoms with van der Waals surface area (Å²) in [5.74, 6) is 1.54. The lowest BCUT2D eigenvalue weighted by Crippen LogP contribution is -2.55. The SMILES string of the molecule is CCC(CS(=O)(=O)c1ccccc1)NC(=NC)N1CCN(CC(C)C)CC1.I. The molecular formula is C20H35IN4O2S. The summed E-state index contributed by atoms with van der Waals surface area (Å²) >= 11 is 0.